The Hall–Kier alpha value is -4.95. The molecule has 5 N–H and O–H groups in total. The van der Waals surface area contributed by atoms with Crippen molar-refractivity contribution >= 4 is 17.8 Å². The second-order valence-electron chi connectivity index (χ2n) is 10.4. The van der Waals surface area contributed by atoms with Crippen LogP contribution in [0.1, 0.15) is 54.0 Å². The summed E-state index contributed by atoms with van der Waals surface area (Å²) in [4.78, 5) is 40.1. The summed E-state index contributed by atoms with van der Waals surface area (Å²) in [7, 11) is 0. The summed E-state index contributed by atoms with van der Waals surface area (Å²) in [6, 6.07) is 32.1. The molecule has 0 heterocycles. The van der Waals surface area contributed by atoms with Crippen LogP contribution in [0, 0.1) is 0 Å². The molecule has 43 heavy (non-hydrogen) atoms. The molecule has 3 atom stereocenters. The maximum absolute atomic E-state index is 13.8. The Bertz CT molecular complexity index is 1420. The Morgan fingerprint density at radius 2 is 1.23 bits per heavy atom. The molecule has 8 heteroatoms. The molecule has 222 valence electrons. The van der Waals surface area contributed by atoms with Gasteiger partial charge in [-0.3, -0.25) is 14.4 Å². The van der Waals surface area contributed by atoms with Gasteiger partial charge < -0.3 is 26.2 Å². The lowest BCUT2D eigenvalue weighted by atomic mass is 9.90. The Morgan fingerprint density at radius 1 is 0.698 bits per heavy atom. The first kappa shape index (κ1) is 31.0. The molecular formula is C35H37N3O5. The van der Waals surface area contributed by atoms with Crippen LogP contribution in [0.15, 0.2) is 115 Å². The van der Waals surface area contributed by atoms with Crippen molar-refractivity contribution in [3.8, 4) is 5.75 Å². The van der Waals surface area contributed by atoms with Crippen LogP contribution in [-0.4, -0.2) is 35.0 Å². The highest BCUT2D eigenvalue weighted by Gasteiger charge is 2.30. The molecule has 0 bridgehead atoms. The van der Waals surface area contributed by atoms with Gasteiger partial charge >= 0.3 is 5.97 Å². The van der Waals surface area contributed by atoms with E-state index in [0.29, 0.717) is 0 Å². The summed E-state index contributed by atoms with van der Waals surface area (Å²) in [6.07, 6.45) is 0.221. The third-order valence-electron chi connectivity index (χ3n) is 7.21. The first-order valence-electron chi connectivity index (χ1n) is 14.3. The van der Waals surface area contributed by atoms with E-state index in [4.69, 9.17) is 10.5 Å². The van der Waals surface area contributed by atoms with Gasteiger partial charge in [-0.05, 0) is 54.2 Å². The molecule has 0 saturated carbocycles. The average Bonchev–Trinajstić information content (AvgIpc) is 3.03. The topological polar surface area (TPSA) is 131 Å². The molecule has 8 nitrogen and oxygen atoms in total. The molecule has 0 spiro atoms. The first-order valence-corrected chi connectivity index (χ1v) is 14.3. The molecular weight excluding hydrogens is 542 g/mol. The van der Waals surface area contributed by atoms with Gasteiger partial charge in [0.25, 0.3) is 0 Å². The molecule has 0 saturated heterocycles. The molecule has 0 fully saturated rings. The third kappa shape index (κ3) is 9.02. The second kappa shape index (κ2) is 15.3. The van der Waals surface area contributed by atoms with E-state index in [-0.39, 0.29) is 31.1 Å². The van der Waals surface area contributed by atoms with Crippen molar-refractivity contribution in [1.82, 2.24) is 10.6 Å². The monoisotopic (exact) mass is 579 g/mol. The van der Waals surface area contributed by atoms with Gasteiger partial charge in [0.05, 0.1) is 12.0 Å². The van der Waals surface area contributed by atoms with Crippen LogP contribution >= 0.6 is 0 Å². The predicted octanol–water partition coefficient (Wildman–Crippen LogP) is 4.74. The number of hydrogen-bond donors (Lipinski definition) is 4. The van der Waals surface area contributed by atoms with Crippen LogP contribution in [0.5, 0.6) is 5.75 Å². The number of phenols is 1. The van der Waals surface area contributed by atoms with E-state index < -0.39 is 35.9 Å². The maximum Gasteiger partial charge on any atom is 0.323 e. The van der Waals surface area contributed by atoms with Crippen LogP contribution in [0.3, 0.4) is 0 Å². The van der Waals surface area contributed by atoms with Crippen molar-refractivity contribution in [3.05, 3.63) is 138 Å². The normalized spacial score (nSPS) is 13.0. The Kier molecular flexibility index (Phi) is 11.0. The van der Waals surface area contributed by atoms with E-state index in [1.807, 2.05) is 97.9 Å². The largest absolute Gasteiger partial charge is 0.508 e. The van der Waals surface area contributed by atoms with E-state index in [1.165, 1.54) is 0 Å². The lowest BCUT2D eigenvalue weighted by Crippen LogP contribution is -2.49. The van der Waals surface area contributed by atoms with Crippen molar-refractivity contribution in [2.24, 2.45) is 5.73 Å². The van der Waals surface area contributed by atoms with Crippen molar-refractivity contribution < 1.29 is 24.2 Å². The molecule has 0 aromatic heterocycles. The zero-order chi connectivity index (χ0) is 30.6. The molecule has 0 radical (unpaired) electrons. The number of amides is 2. The van der Waals surface area contributed by atoms with Crippen molar-refractivity contribution in [1.29, 1.82) is 0 Å². The number of phenolic OH excluding ortho intramolecular Hbond substituents is 1. The number of esters is 1. The highest BCUT2D eigenvalue weighted by atomic mass is 16.5. The Balaban J connectivity index is 1.50. The summed E-state index contributed by atoms with van der Waals surface area (Å²) in [5.74, 6) is -1.89. The number of nitrogens with two attached hydrogens (primary N) is 1. The van der Waals surface area contributed by atoms with E-state index in [2.05, 4.69) is 10.6 Å². The van der Waals surface area contributed by atoms with Crippen LogP contribution < -0.4 is 16.4 Å². The highest BCUT2D eigenvalue weighted by Crippen LogP contribution is 2.25. The minimum atomic E-state index is -0.982. The quantitative estimate of drug-likeness (QED) is 0.169. The first-order chi connectivity index (χ1) is 20.8. The number of carbonyl (C=O) groups excluding carboxylic acids is 3. The number of benzene rings is 4. The van der Waals surface area contributed by atoms with Crippen molar-refractivity contribution in [3.63, 3.8) is 0 Å². The molecule has 4 aromatic rings. The van der Waals surface area contributed by atoms with Gasteiger partial charge in [-0.15, -0.1) is 0 Å². The van der Waals surface area contributed by atoms with Gasteiger partial charge in [0.1, 0.15) is 24.4 Å². The minimum absolute atomic E-state index is 0.0913. The van der Waals surface area contributed by atoms with Crippen LogP contribution in [0.2, 0.25) is 0 Å². The third-order valence-corrected chi connectivity index (χ3v) is 7.21. The summed E-state index contributed by atoms with van der Waals surface area (Å²) < 4.78 is 5.38. The van der Waals surface area contributed by atoms with Crippen molar-refractivity contribution in [2.75, 3.05) is 0 Å². The maximum atomic E-state index is 13.8. The van der Waals surface area contributed by atoms with Gasteiger partial charge in [0, 0.05) is 0 Å². The predicted molar refractivity (Wildman–Crippen MR) is 165 cm³/mol. The van der Waals surface area contributed by atoms with E-state index >= 15 is 0 Å². The number of aromatic hydroxyl groups is 1. The summed E-state index contributed by atoms with van der Waals surface area (Å²) in [5.41, 5.74) is 9.35. The molecule has 1 unspecified atom stereocenters. The Labute approximate surface area is 251 Å². The molecule has 0 aliphatic rings. The van der Waals surface area contributed by atoms with Crippen LogP contribution in [-0.2, 0) is 25.7 Å². The molecule has 2 amide bonds. The van der Waals surface area contributed by atoms with Gasteiger partial charge in [-0.2, -0.15) is 0 Å². The SMILES string of the molecule is CC(NC(=O)[C@@H](CC[C@H](N)C(=O)OCc1ccccc1)NC(=O)C(c1ccccc1)c1ccccc1)c1ccc(O)cc1. The number of nitrogens with one attached hydrogen (secondary N) is 2. The number of rotatable bonds is 13. The average molecular weight is 580 g/mol. The second-order valence-corrected chi connectivity index (χ2v) is 10.4. The molecule has 0 aliphatic carbocycles. The van der Waals surface area contributed by atoms with Gasteiger partial charge in [0.15, 0.2) is 0 Å². The summed E-state index contributed by atoms with van der Waals surface area (Å²) >= 11 is 0. The molecule has 0 aliphatic heterocycles. The van der Waals surface area contributed by atoms with E-state index in [1.54, 1.807) is 24.3 Å². The van der Waals surface area contributed by atoms with E-state index in [9.17, 15) is 19.5 Å². The van der Waals surface area contributed by atoms with Gasteiger partial charge in [-0.25, -0.2) is 0 Å². The fraction of sp³-hybridized carbons (Fsp3) is 0.229. The number of ether oxygens (including phenoxy) is 1. The molecule has 4 aromatic carbocycles. The lowest BCUT2D eigenvalue weighted by Gasteiger charge is -2.25. The Morgan fingerprint density at radius 3 is 1.79 bits per heavy atom. The van der Waals surface area contributed by atoms with E-state index in [0.717, 1.165) is 22.3 Å². The lowest BCUT2D eigenvalue weighted by molar-refractivity contribution is -0.146. The number of carbonyl (C=O) groups is 3. The van der Waals surface area contributed by atoms with Crippen LogP contribution in [0.25, 0.3) is 0 Å². The summed E-state index contributed by atoms with van der Waals surface area (Å²) in [6.45, 7) is 1.90. The fourth-order valence-electron chi connectivity index (χ4n) is 4.77. The van der Waals surface area contributed by atoms with Crippen LogP contribution in [0.4, 0.5) is 0 Å². The standard InChI is InChI=1S/C35H37N3O5/c1-24(26-17-19-29(39)20-18-26)37-33(40)31(22-21-30(36)35(42)43-23-25-11-5-2-6-12-25)38-34(41)32(27-13-7-3-8-14-27)28-15-9-4-10-16-28/h2-20,24,30-32,39H,21-23,36H2,1H3,(H,37,40)(H,38,41)/t24?,30-,31+/m0/s1. The smallest absolute Gasteiger partial charge is 0.323 e. The van der Waals surface area contributed by atoms with Crippen molar-refractivity contribution in [2.45, 2.75) is 50.4 Å². The minimum Gasteiger partial charge on any atom is -0.508 e. The highest BCUT2D eigenvalue weighted by molar-refractivity contribution is 5.92. The fourth-order valence-corrected chi connectivity index (χ4v) is 4.77. The van der Waals surface area contributed by atoms with Gasteiger partial charge in [0.2, 0.25) is 11.8 Å². The summed E-state index contributed by atoms with van der Waals surface area (Å²) in [5, 5.41) is 15.5. The zero-order valence-corrected chi connectivity index (χ0v) is 24.1. The molecule has 4 rings (SSSR count). The number of hydrogen-bond acceptors (Lipinski definition) is 6. The van der Waals surface area contributed by atoms with Gasteiger partial charge in [-0.1, -0.05) is 103 Å². The zero-order valence-electron chi connectivity index (χ0n) is 24.1.